The van der Waals surface area contributed by atoms with Crippen LogP contribution < -0.4 is 0 Å². The van der Waals surface area contributed by atoms with Crippen molar-refractivity contribution in [2.45, 2.75) is 92.1 Å². The molecule has 0 radical (unpaired) electrons. The molecule has 196 valence electrons. The maximum absolute atomic E-state index is 14.1. The molecular formula is C29H44O6. The average molecular weight is 489 g/mol. The van der Waals surface area contributed by atoms with Crippen molar-refractivity contribution in [2.24, 2.45) is 34.0 Å². The van der Waals surface area contributed by atoms with E-state index >= 15 is 0 Å². The summed E-state index contributed by atoms with van der Waals surface area (Å²) in [5.74, 6) is 0.0217. The number of aliphatic hydroxyl groups is 1. The molecule has 7 atom stereocenters. The second-order valence-corrected chi connectivity index (χ2v) is 12.0. The molecule has 0 amide bonds. The third-order valence-corrected chi connectivity index (χ3v) is 10.2. The SMILES string of the molecule is C=C(C)[C@@H]1C[C@H](O)C2=C(C(=O)C[C@]3(C)[C@@H]([C@H](C)CCC(=O)OC)CC[C@@]23C)[C@@]1(C)CCC(=O)OC. The van der Waals surface area contributed by atoms with Crippen LogP contribution in [0.25, 0.3) is 0 Å². The highest BCUT2D eigenvalue weighted by atomic mass is 16.5. The van der Waals surface area contributed by atoms with Gasteiger partial charge in [0.1, 0.15) is 0 Å². The lowest BCUT2D eigenvalue weighted by Gasteiger charge is -2.58. The van der Waals surface area contributed by atoms with Gasteiger partial charge in [-0.15, -0.1) is 0 Å². The fourth-order valence-corrected chi connectivity index (χ4v) is 8.08. The van der Waals surface area contributed by atoms with Gasteiger partial charge in [-0.3, -0.25) is 14.4 Å². The number of carbonyl (C=O) groups excluding carboxylic acids is 3. The number of Topliss-reactive ketones (excluding diaryl/α,β-unsaturated/α-hetero) is 1. The zero-order valence-corrected chi connectivity index (χ0v) is 22.7. The van der Waals surface area contributed by atoms with E-state index in [0.717, 1.165) is 36.0 Å². The standard InChI is InChI=1S/C29H44O6/c1-17(2)20-15-21(30)26-25(27(20,4)13-12-24(33)35-8)22(31)16-29(6)19(11-14-28(26,29)5)18(3)9-10-23(32)34-7/h18-21,30H,1,9-16H2,2-8H3/t18-,19-,20+,21+,27+,28+,29-/m1/s1. The molecule has 0 unspecified atom stereocenters. The summed E-state index contributed by atoms with van der Waals surface area (Å²) in [4.78, 5) is 37.9. The number of allylic oxidation sites excluding steroid dienone is 2. The Labute approximate surface area is 210 Å². The van der Waals surface area contributed by atoms with Crippen molar-refractivity contribution in [1.29, 1.82) is 0 Å². The van der Waals surface area contributed by atoms with E-state index in [2.05, 4.69) is 34.3 Å². The summed E-state index contributed by atoms with van der Waals surface area (Å²) in [6.07, 6.45) is 3.86. The van der Waals surface area contributed by atoms with E-state index in [-0.39, 0.29) is 52.7 Å². The molecule has 3 aliphatic rings. The molecule has 0 aromatic heterocycles. The maximum Gasteiger partial charge on any atom is 0.305 e. The lowest BCUT2D eigenvalue weighted by Crippen LogP contribution is -2.54. The Bertz CT molecular complexity index is 933. The molecule has 1 fully saturated rings. The van der Waals surface area contributed by atoms with Crippen molar-refractivity contribution in [2.75, 3.05) is 14.2 Å². The van der Waals surface area contributed by atoms with Crippen molar-refractivity contribution in [3.05, 3.63) is 23.3 Å². The largest absolute Gasteiger partial charge is 0.469 e. The molecule has 3 aliphatic carbocycles. The number of fused-ring (bicyclic) bond motifs is 2. The Kier molecular flexibility index (Phi) is 7.77. The highest BCUT2D eigenvalue weighted by Crippen LogP contribution is 2.70. The number of carbonyl (C=O) groups is 3. The molecule has 0 aromatic carbocycles. The van der Waals surface area contributed by atoms with Gasteiger partial charge in [0, 0.05) is 30.3 Å². The Morgan fingerprint density at radius 1 is 1.14 bits per heavy atom. The Hall–Kier alpha value is -1.95. The highest BCUT2D eigenvalue weighted by Gasteiger charge is 2.65. The van der Waals surface area contributed by atoms with Gasteiger partial charge in [0.05, 0.1) is 20.3 Å². The third kappa shape index (κ3) is 4.41. The Balaban J connectivity index is 2.07. The van der Waals surface area contributed by atoms with Gasteiger partial charge in [-0.1, -0.05) is 39.8 Å². The minimum atomic E-state index is -0.712. The molecule has 0 saturated heterocycles. The normalized spacial score (nSPS) is 37.4. The first kappa shape index (κ1) is 27.6. The monoisotopic (exact) mass is 488 g/mol. The van der Waals surface area contributed by atoms with Crippen LogP contribution in [0, 0.1) is 34.0 Å². The van der Waals surface area contributed by atoms with Crippen molar-refractivity contribution in [3.8, 4) is 0 Å². The summed E-state index contributed by atoms with van der Waals surface area (Å²) in [5, 5.41) is 11.6. The third-order valence-electron chi connectivity index (χ3n) is 10.2. The van der Waals surface area contributed by atoms with Gasteiger partial charge < -0.3 is 14.6 Å². The smallest absolute Gasteiger partial charge is 0.305 e. The van der Waals surface area contributed by atoms with E-state index in [1.54, 1.807) is 0 Å². The number of hydrogen-bond donors (Lipinski definition) is 1. The summed E-state index contributed by atoms with van der Waals surface area (Å²) < 4.78 is 9.76. The van der Waals surface area contributed by atoms with E-state index in [9.17, 15) is 19.5 Å². The van der Waals surface area contributed by atoms with Crippen molar-refractivity contribution >= 4 is 17.7 Å². The van der Waals surface area contributed by atoms with Gasteiger partial charge in [-0.2, -0.15) is 0 Å². The molecule has 35 heavy (non-hydrogen) atoms. The lowest BCUT2D eigenvalue weighted by atomic mass is 9.46. The minimum Gasteiger partial charge on any atom is -0.469 e. The van der Waals surface area contributed by atoms with E-state index < -0.39 is 11.5 Å². The first-order valence-corrected chi connectivity index (χ1v) is 13.0. The highest BCUT2D eigenvalue weighted by molar-refractivity contribution is 6.00. The molecule has 1 saturated carbocycles. The van der Waals surface area contributed by atoms with E-state index in [4.69, 9.17) is 9.47 Å². The molecule has 6 heteroatoms. The second-order valence-electron chi connectivity index (χ2n) is 12.0. The molecule has 6 nitrogen and oxygen atoms in total. The van der Waals surface area contributed by atoms with Crippen LogP contribution in [0.2, 0.25) is 0 Å². The van der Waals surface area contributed by atoms with Gasteiger partial charge in [0.25, 0.3) is 0 Å². The number of hydrogen-bond acceptors (Lipinski definition) is 6. The molecule has 0 aliphatic heterocycles. The summed E-state index contributed by atoms with van der Waals surface area (Å²) in [7, 11) is 2.79. The topological polar surface area (TPSA) is 89.9 Å². The van der Waals surface area contributed by atoms with E-state index in [1.165, 1.54) is 14.2 Å². The number of aliphatic hydroxyl groups excluding tert-OH is 1. The summed E-state index contributed by atoms with van der Waals surface area (Å²) >= 11 is 0. The van der Waals surface area contributed by atoms with Gasteiger partial charge in [0.15, 0.2) is 5.78 Å². The van der Waals surface area contributed by atoms with Crippen molar-refractivity contribution < 1.29 is 29.0 Å². The number of ketones is 1. The van der Waals surface area contributed by atoms with E-state index in [0.29, 0.717) is 25.7 Å². The molecule has 0 aromatic rings. The molecule has 0 bridgehead atoms. The van der Waals surface area contributed by atoms with Crippen LogP contribution in [0.1, 0.15) is 86.0 Å². The van der Waals surface area contributed by atoms with Crippen LogP contribution >= 0.6 is 0 Å². The molecule has 0 heterocycles. The van der Waals surface area contributed by atoms with Gasteiger partial charge in [-0.25, -0.2) is 0 Å². The number of esters is 2. The van der Waals surface area contributed by atoms with Crippen LogP contribution in [-0.2, 0) is 23.9 Å². The predicted octanol–water partition coefficient (Wildman–Crippen LogP) is 5.18. The minimum absolute atomic E-state index is 0.0874. The summed E-state index contributed by atoms with van der Waals surface area (Å²) in [5.41, 5.74) is 1.34. The quantitative estimate of drug-likeness (QED) is 0.374. The molecule has 1 N–H and O–H groups in total. The zero-order valence-electron chi connectivity index (χ0n) is 22.7. The van der Waals surface area contributed by atoms with Gasteiger partial charge in [0.2, 0.25) is 0 Å². The van der Waals surface area contributed by atoms with Gasteiger partial charge >= 0.3 is 11.9 Å². The zero-order chi connectivity index (χ0) is 26.3. The molecular weight excluding hydrogens is 444 g/mol. The van der Waals surface area contributed by atoms with Crippen molar-refractivity contribution in [1.82, 2.24) is 0 Å². The summed E-state index contributed by atoms with van der Waals surface area (Å²) in [6, 6.07) is 0. The van der Waals surface area contributed by atoms with Crippen LogP contribution in [0.4, 0.5) is 0 Å². The van der Waals surface area contributed by atoms with Crippen molar-refractivity contribution in [3.63, 3.8) is 0 Å². The number of methoxy groups -OCH3 is 2. The Morgan fingerprint density at radius 2 is 1.74 bits per heavy atom. The van der Waals surface area contributed by atoms with Crippen LogP contribution in [0.5, 0.6) is 0 Å². The molecule has 0 spiro atoms. The predicted molar refractivity (Wildman–Crippen MR) is 134 cm³/mol. The fourth-order valence-electron chi connectivity index (χ4n) is 8.08. The van der Waals surface area contributed by atoms with Gasteiger partial charge in [-0.05, 0) is 73.2 Å². The molecule has 3 rings (SSSR count). The number of rotatable bonds is 8. The maximum atomic E-state index is 14.1. The Morgan fingerprint density at radius 3 is 2.31 bits per heavy atom. The van der Waals surface area contributed by atoms with Crippen LogP contribution in [0.3, 0.4) is 0 Å². The number of ether oxygens (including phenoxy) is 2. The average Bonchev–Trinajstić information content (AvgIpc) is 3.07. The van der Waals surface area contributed by atoms with Crippen LogP contribution in [0.15, 0.2) is 23.3 Å². The van der Waals surface area contributed by atoms with E-state index in [1.807, 2.05) is 6.92 Å². The first-order valence-electron chi connectivity index (χ1n) is 13.0. The fraction of sp³-hybridized carbons (Fsp3) is 0.759. The van der Waals surface area contributed by atoms with Crippen LogP contribution in [-0.4, -0.2) is 43.2 Å². The second kappa shape index (κ2) is 9.84. The first-order chi connectivity index (χ1) is 16.3. The summed E-state index contributed by atoms with van der Waals surface area (Å²) in [6.45, 7) is 14.8. The lowest BCUT2D eigenvalue weighted by molar-refractivity contribution is -0.142.